The Hall–Kier alpha value is -3.59. The topological polar surface area (TPSA) is 84.2 Å². The summed E-state index contributed by atoms with van der Waals surface area (Å²) in [4.78, 5) is 25.5. The number of hydrogen-bond donors (Lipinski definition) is 0. The first kappa shape index (κ1) is 21.9. The van der Waals surface area contributed by atoms with Gasteiger partial charge in [0.1, 0.15) is 22.8 Å². The number of fused-ring (bicyclic) bond motifs is 3. The zero-order chi connectivity index (χ0) is 24.1. The van der Waals surface area contributed by atoms with Crippen molar-refractivity contribution in [3.63, 3.8) is 0 Å². The fourth-order valence-electron chi connectivity index (χ4n) is 3.96. The van der Waals surface area contributed by atoms with Crippen LogP contribution in [0.3, 0.4) is 0 Å². The van der Waals surface area contributed by atoms with E-state index in [1.165, 1.54) is 12.1 Å². The molecule has 0 atom stereocenters. The third-order valence-electron chi connectivity index (χ3n) is 5.52. The van der Waals surface area contributed by atoms with Crippen LogP contribution in [-0.4, -0.2) is 18.5 Å². The van der Waals surface area contributed by atoms with Crippen molar-refractivity contribution < 1.29 is 33.0 Å². The number of halogens is 2. The number of allylic oxidation sites excluding steroid dienone is 1. The molecule has 0 amide bonds. The quantitative estimate of drug-likeness (QED) is 0.162. The molecule has 0 saturated heterocycles. The minimum Gasteiger partial charge on any atom is -0.467 e. The van der Waals surface area contributed by atoms with Crippen molar-refractivity contribution >= 4 is 56.3 Å². The van der Waals surface area contributed by atoms with Crippen LogP contribution in [0.2, 0.25) is 5.02 Å². The molecule has 6 rings (SSSR count). The van der Waals surface area contributed by atoms with Crippen LogP contribution in [-0.2, 0) is 11.3 Å². The first-order valence-corrected chi connectivity index (χ1v) is 11.6. The summed E-state index contributed by atoms with van der Waals surface area (Å²) >= 11 is 9.46. The number of esters is 1. The molecule has 9 heteroatoms. The maximum Gasteiger partial charge on any atom is 0.379 e. The molecule has 0 bridgehead atoms. The van der Waals surface area contributed by atoms with Gasteiger partial charge in [-0.1, -0.05) is 27.5 Å². The second-order valence-corrected chi connectivity index (χ2v) is 9.23. The van der Waals surface area contributed by atoms with Gasteiger partial charge in [0, 0.05) is 32.1 Å². The molecule has 35 heavy (non-hydrogen) atoms. The molecule has 0 fully saturated rings. The van der Waals surface area contributed by atoms with E-state index in [2.05, 4.69) is 15.9 Å². The van der Waals surface area contributed by atoms with Crippen LogP contribution < -0.4 is 14.2 Å². The Morgan fingerprint density at radius 2 is 1.97 bits per heavy atom. The summed E-state index contributed by atoms with van der Waals surface area (Å²) < 4.78 is 28.6. The number of hydrogen-bond acceptors (Lipinski definition) is 7. The van der Waals surface area contributed by atoms with Crippen LogP contribution in [0.4, 0.5) is 0 Å². The highest BCUT2D eigenvalue weighted by Gasteiger charge is 2.29. The van der Waals surface area contributed by atoms with Gasteiger partial charge >= 0.3 is 5.97 Å². The zero-order valence-corrected chi connectivity index (χ0v) is 20.1. The first-order valence-electron chi connectivity index (χ1n) is 10.5. The number of ketones is 1. The maximum absolute atomic E-state index is 12.9. The van der Waals surface area contributed by atoms with Crippen molar-refractivity contribution in [2.45, 2.75) is 6.61 Å². The van der Waals surface area contributed by atoms with Crippen molar-refractivity contribution in [1.29, 1.82) is 0 Å². The monoisotopic (exact) mass is 552 g/mol. The zero-order valence-electron chi connectivity index (χ0n) is 17.8. The largest absolute Gasteiger partial charge is 0.467 e. The molecule has 0 saturated carbocycles. The fourth-order valence-corrected chi connectivity index (χ4v) is 4.66. The van der Waals surface area contributed by atoms with E-state index in [0.29, 0.717) is 39.5 Å². The van der Waals surface area contributed by atoms with Gasteiger partial charge in [0.2, 0.25) is 11.5 Å². The smallest absolute Gasteiger partial charge is 0.379 e. The predicted octanol–water partition coefficient (Wildman–Crippen LogP) is 6.55. The van der Waals surface area contributed by atoms with Gasteiger partial charge in [-0.05, 0) is 54.6 Å². The minimum atomic E-state index is -0.683. The molecule has 2 aliphatic heterocycles. The lowest BCUT2D eigenvalue weighted by molar-refractivity contribution is -0.0165. The standard InChI is InChI=1S/C26H14BrClO7/c27-16-5-14(25-15(6-16)11-31-12-32-25)9-22-24(29)19-3-2-18(10-21(19)35-22)33-26(30)23-8-13-7-17(28)1-4-20(13)34-23/h1-10H,11-12H2/b22-9-. The van der Waals surface area contributed by atoms with Crippen LogP contribution in [0.1, 0.15) is 32.0 Å². The predicted molar refractivity (Wildman–Crippen MR) is 130 cm³/mol. The van der Waals surface area contributed by atoms with Crippen LogP contribution >= 0.6 is 27.5 Å². The summed E-state index contributed by atoms with van der Waals surface area (Å²) in [5, 5.41) is 1.22. The van der Waals surface area contributed by atoms with E-state index < -0.39 is 5.97 Å². The number of carbonyl (C=O) groups is 2. The number of rotatable bonds is 3. The number of carbonyl (C=O) groups excluding carboxylic acids is 2. The normalized spacial score (nSPS) is 15.5. The second-order valence-electron chi connectivity index (χ2n) is 7.87. The van der Waals surface area contributed by atoms with Gasteiger partial charge in [0.15, 0.2) is 12.6 Å². The summed E-state index contributed by atoms with van der Waals surface area (Å²) in [6.45, 7) is 0.541. The SMILES string of the molecule is O=C(Oc1ccc2c(c1)O/C(=C\c1cc(Br)cc3c1OCOC3)C2=O)c1cc2cc(Cl)ccc2o1. The van der Waals surface area contributed by atoms with E-state index in [0.717, 1.165) is 10.0 Å². The molecular weight excluding hydrogens is 540 g/mol. The summed E-state index contributed by atoms with van der Waals surface area (Å²) in [6.07, 6.45) is 1.63. The van der Waals surface area contributed by atoms with E-state index in [1.807, 2.05) is 12.1 Å². The number of benzene rings is 3. The van der Waals surface area contributed by atoms with Gasteiger partial charge in [-0.3, -0.25) is 4.79 Å². The molecule has 4 aromatic rings. The summed E-state index contributed by atoms with van der Waals surface area (Å²) in [5.74, 6) is 0.334. The summed E-state index contributed by atoms with van der Waals surface area (Å²) in [7, 11) is 0. The molecule has 0 spiro atoms. The van der Waals surface area contributed by atoms with Gasteiger partial charge in [0.25, 0.3) is 0 Å². The van der Waals surface area contributed by atoms with E-state index in [4.69, 9.17) is 35.0 Å². The van der Waals surface area contributed by atoms with Crippen molar-refractivity contribution in [2.75, 3.05) is 6.79 Å². The van der Waals surface area contributed by atoms with Gasteiger partial charge in [-0.15, -0.1) is 0 Å². The molecule has 0 aliphatic carbocycles. The van der Waals surface area contributed by atoms with E-state index in [1.54, 1.807) is 36.4 Å². The lowest BCUT2D eigenvalue weighted by Crippen LogP contribution is -2.12. The van der Waals surface area contributed by atoms with E-state index in [9.17, 15) is 9.59 Å². The number of ether oxygens (including phenoxy) is 4. The van der Waals surface area contributed by atoms with Crippen LogP contribution in [0, 0.1) is 0 Å². The van der Waals surface area contributed by atoms with Crippen LogP contribution in [0.25, 0.3) is 17.0 Å². The Morgan fingerprint density at radius 1 is 1.09 bits per heavy atom. The highest BCUT2D eigenvalue weighted by molar-refractivity contribution is 9.10. The van der Waals surface area contributed by atoms with Crippen molar-refractivity contribution in [3.8, 4) is 17.2 Å². The van der Waals surface area contributed by atoms with Gasteiger partial charge in [0.05, 0.1) is 12.2 Å². The highest BCUT2D eigenvalue weighted by atomic mass is 79.9. The lowest BCUT2D eigenvalue weighted by Gasteiger charge is -2.20. The Morgan fingerprint density at radius 3 is 2.86 bits per heavy atom. The van der Waals surface area contributed by atoms with Crippen molar-refractivity contribution in [1.82, 2.24) is 0 Å². The molecular formula is C26H14BrClO7. The van der Waals surface area contributed by atoms with Gasteiger partial charge in [-0.2, -0.15) is 0 Å². The molecule has 3 aromatic carbocycles. The van der Waals surface area contributed by atoms with Crippen molar-refractivity contribution in [3.05, 3.63) is 92.3 Å². The molecule has 7 nitrogen and oxygen atoms in total. The Balaban J connectivity index is 1.25. The first-order chi connectivity index (χ1) is 16.9. The average molecular weight is 554 g/mol. The average Bonchev–Trinajstić information content (AvgIpc) is 3.39. The molecule has 2 aliphatic rings. The third kappa shape index (κ3) is 4.10. The van der Waals surface area contributed by atoms with Gasteiger partial charge in [-0.25, -0.2) is 4.79 Å². The Labute approximate surface area is 211 Å². The second kappa shape index (κ2) is 8.57. The molecule has 0 N–H and O–H groups in total. The highest BCUT2D eigenvalue weighted by Crippen LogP contribution is 2.38. The number of Topliss-reactive ketones (excluding diaryl/α,β-unsaturated/α-hetero) is 1. The summed E-state index contributed by atoms with van der Waals surface area (Å²) in [5.41, 5.74) is 2.43. The fraction of sp³-hybridized carbons (Fsp3) is 0.0769. The van der Waals surface area contributed by atoms with E-state index in [-0.39, 0.29) is 35.6 Å². The van der Waals surface area contributed by atoms with Crippen LogP contribution in [0.15, 0.2) is 69.2 Å². The lowest BCUT2D eigenvalue weighted by atomic mass is 10.1. The molecule has 174 valence electrons. The number of furan rings is 1. The maximum atomic E-state index is 12.9. The Kier molecular flexibility index (Phi) is 5.36. The Bertz CT molecular complexity index is 1570. The summed E-state index contributed by atoms with van der Waals surface area (Å²) in [6, 6.07) is 14.9. The van der Waals surface area contributed by atoms with Crippen molar-refractivity contribution in [2.24, 2.45) is 0 Å². The molecule has 3 heterocycles. The van der Waals surface area contributed by atoms with Crippen LogP contribution in [0.5, 0.6) is 17.2 Å². The molecule has 0 radical (unpaired) electrons. The molecule has 1 aromatic heterocycles. The molecule has 0 unspecified atom stereocenters. The minimum absolute atomic E-state index is 0.0313. The third-order valence-corrected chi connectivity index (χ3v) is 6.21. The van der Waals surface area contributed by atoms with E-state index >= 15 is 0 Å². The van der Waals surface area contributed by atoms with Gasteiger partial charge < -0.3 is 23.4 Å².